The fraction of sp³-hybridized carbons (Fsp3) is 0.556. The first-order valence-corrected chi connectivity index (χ1v) is 8.12. The molecule has 0 radical (unpaired) electrons. The molecule has 2 rings (SSSR count). The lowest BCUT2D eigenvalue weighted by Gasteiger charge is -2.36. The second-order valence-electron chi connectivity index (χ2n) is 6.53. The number of carboxylic acid groups (broad SMARTS) is 1. The van der Waals surface area contributed by atoms with Crippen LogP contribution in [0, 0.1) is 20.8 Å². The number of nitrogens with one attached hydrogen (secondary N) is 1. The molecule has 0 aliphatic carbocycles. The maximum atomic E-state index is 12.3. The molecular formula is C18H25NO5. The molecule has 1 aromatic carbocycles. The second kappa shape index (κ2) is 7.66. The van der Waals surface area contributed by atoms with E-state index in [-0.39, 0.29) is 18.9 Å². The van der Waals surface area contributed by atoms with Crippen LogP contribution in [0.2, 0.25) is 0 Å². The number of amides is 1. The summed E-state index contributed by atoms with van der Waals surface area (Å²) in [7, 11) is 0. The molecule has 0 aromatic heterocycles. The van der Waals surface area contributed by atoms with E-state index in [1.807, 2.05) is 32.9 Å². The van der Waals surface area contributed by atoms with Crippen molar-refractivity contribution in [2.45, 2.75) is 45.6 Å². The summed E-state index contributed by atoms with van der Waals surface area (Å²) >= 11 is 0. The highest BCUT2D eigenvalue weighted by Crippen LogP contribution is 2.26. The van der Waals surface area contributed by atoms with Gasteiger partial charge in [-0.05, 0) is 44.7 Å². The molecule has 1 aliphatic rings. The average molecular weight is 335 g/mol. The largest absolute Gasteiger partial charge is 0.483 e. The summed E-state index contributed by atoms with van der Waals surface area (Å²) in [6.07, 6.45) is 0.881. The molecule has 132 valence electrons. The highest BCUT2D eigenvalue weighted by molar-refractivity contribution is 5.79. The molecule has 6 heteroatoms. The van der Waals surface area contributed by atoms with Crippen molar-refractivity contribution in [3.05, 3.63) is 28.8 Å². The summed E-state index contributed by atoms with van der Waals surface area (Å²) in [5, 5.41) is 12.0. The Morgan fingerprint density at radius 1 is 1.21 bits per heavy atom. The van der Waals surface area contributed by atoms with Crippen LogP contribution >= 0.6 is 0 Å². The van der Waals surface area contributed by atoms with E-state index in [1.165, 1.54) is 0 Å². The maximum absolute atomic E-state index is 12.3. The Balaban J connectivity index is 2.00. The van der Waals surface area contributed by atoms with Gasteiger partial charge in [0.25, 0.3) is 5.91 Å². The van der Waals surface area contributed by atoms with Crippen molar-refractivity contribution in [2.24, 2.45) is 0 Å². The smallest absolute Gasteiger partial charge is 0.305 e. The van der Waals surface area contributed by atoms with E-state index < -0.39 is 11.5 Å². The van der Waals surface area contributed by atoms with E-state index in [2.05, 4.69) is 5.32 Å². The van der Waals surface area contributed by atoms with Gasteiger partial charge in [-0.2, -0.15) is 0 Å². The standard InChI is InChI=1S/C18H25NO5/c1-12-8-13(2)17(14(3)9-12)24-11-15(20)19-18(10-16(21)22)4-6-23-7-5-18/h8-9H,4-7,10-11H2,1-3H3,(H,19,20)(H,21,22). The zero-order valence-corrected chi connectivity index (χ0v) is 14.5. The van der Waals surface area contributed by atoms with Gasteiger partial charge >= 0.3 is 5.97 Å². The molecule has 0 atom stereocenters. The van der Waals surface area contributed by atoms with Crippen molar-refractivity contribution in [1.82, 2.24) is 5.32 Å². The number of carbonyl (C=O) groups is 2. The highest BCUT2D eigenvalue weighted by Gasteiger charge is 2.36. The molecule has 1 heterocycles. The van der Waals surface area contributed by atoms with Crippen LogP contribution in [0.15, 0.2) is 12.1 Å². The number of hydrogen-bond donors (Lipinski definition) is 2. The molecule has 1 amide bonds. The molecule has 0 saturated carbocycles. The van der Waals surface area contributed by atoms with Gasteiger partial charge in [0.1, 0.15) is 5.75 Å². The summed E-state index contributed by atoms with van der Waals surface area (Å²) in [4.78, 5) is 23.4. The van der Waals surface area contributed by atoms with Crippen LogP contribution < -0.4 is 10.1 Å². The Morgan fingerprint density at radius 3 is 2.33 bits per heavy atom. The van der Waals surface area contributed by atoms with Crippen LogP contribution in [0.25, 0.3) is 0 Å². The predicted molar refractivity (Wildman–Crippen MR) is 89.3 cm³/mol. The fourth-order valence-electron chi connectivity index (χ4n) is 3.26. The Morgan fingerprint density at radius 2 is 1.79 bits per heavy atom. The Bertz CT molecular complexity index is 597. The minimum absolute atomic E-state index is 0.106. The molecule has 2 N–H and O–H groups in total. The van der Waals surface area contributed by atoms with E-state index in [0.29, 0.717) is 31.8 Å². The lowest BCUT2D eigenvalue weighted by Crippen LogP contribution is -2.54. The molecule has 0 spiro atoms. The quantitative estimate of drug-likeness (QED) is 0.832. The number of ether oxygens (including phenoxy) is 2. The minimum atomic E-state index is -0.927. The maximum Gasteiger partial charge on any atom is 0.305 e. The fourth-order valence-corrected chi connectivity index (χ4v) is 3.26. The van der Waals surface area contributed by atoms with E-state index in [1.54, 1.807) is 0 Å². The minimum Gasteiger partial charge on any atom is -0.483 e. The number of rotatable bonds is 6. The van der Waals surface area contributed by atoms with Gasteiger partial charge < -0.3 is 19.9 Å². The van der Waals surface area contributed by atoms with Crippen LogP contribution in [-0.4, -0.2) is 42.3 Å². The summed E-state index contributed by atoms with van der Waals surface area (Å²) < 4.78 is 11.0. The second-order valence-corrected chi connectivity index (χ2v) is 6.53. The number of aliphatic carboxylic acids is 1. The molecule has 24 heavy (non-hydrogen) atoms. The summed E-state index contributed by atoms with van der Waals surface area (Å²) in [5.74, 6) is -0.532. The highest BCUT2D eigenvalue weighted by atomic mass is 16.5. The first-order chi connectivity index (χ1) is 11.3. The van der Waals surface area contributed by atoms with E-state index in [0.717, 1.165) is 16.7 Å². The molecule has 6 nitrogen and oxygen atoms in total. The van der Waals surface area contributed by atoms with Crippen molar-refractivity contribution < 1.29 is 24.2 Å². The van der Waals surface area contributed by atoms with Gasteiger partial charge in [0, 0.05) is 13.2 Å². The van der Waals surface area contributed by atoms with Crippen molar-refractivity contribution in [2.75, 3.05) is 19.8 Å². The molecule has 1 aliphatic heterocycles. The monoisotopic (exact) mass is 335 g/mol. The molecule has 1 aromatic rings. The average Bonchev–Trinajstić information content (AvgIpc) is 2.45. The number of aryl methyl sites for hydroxylation is 3. The molecule has 0 bridgehead atoms. The topological polar surface area (TPSA) is 84.9 Å². The van der Waals surface area contributed by atoms with Gasteiger partial charge in [0.2, 0.25) is 0 Å². The third-order valence-electron chi connectivity index (χ3n) is 4.30. The van der Waals surface area contributed by atoms with Gasteiger partial charge in [-0.3, -0.25) is 9.59 Å². The Kier molecular flexibility index (Phi) is 5.83. The van der Waals surface area contributed by atoms with Crippen molar-refractivity contribution in [3.63, 3.8) is 0 Å². The van der Waals surface area contributed by atoms with Crippen LogP contribution in [0.5, 0.6) is 5.75 Å². The SMILES string of the molecule is Cc1cc(C)c(OCC(=O)NC2(CC(=O)O)CCOCC2)c(C)c1. The molecule has 1 fully saturated rings. The van der Waals surface area contributed by atoms with Gasteiger partial charge in [0.05, 0.1) is 12.0 Å². The number of carboxylic acids is 1. The van der Waals surface area contributed by atoms with Gasteiger partial charge in [-0.25, -0.2) is 0 Å². The lowest BCUT2D eigenvalue weighted by molar-refractivity contribution is -0.140. The predicted octanol–water partition coefficient (Wildman–Crippen LogP) is 2.13. The van der Waals surface area contributed by atoms with E-state index >= 15 is 0 Å². The van der Waals surface area contributed by atoms with Gasteiger partial charge in [0.15, 0.2) is 6.61 Å². The normalized spacial score (nSPS) is 16.5. The molecule has 1 saturated heterocycles. The lowest BCUT2D eigenvalue weighted by atomic mass is 9.86. The van der Waals surface area contributed by atoms with Crippen LogP contribution in [0.4, 0.5) is 0 Å². The molecular weight excluding hydrogens is 310 g/mol. The first-order valence-electron chi connectivity index (χ1n) is 8.12. The van der Waals surface area contributed by atoms with Crippen molar-refractivity contribution in [3.8, 4) is 5.75 Å². The Labute approximate surface area is 142 Å². The number of benzene rings is 1. The zero-order chi connectivity index (χ0) is 17.7. The first kappa shape index (κ1) is 18.3. The van der Waals surface area contributed by atoms with Crippen LogP contribution in [0.3, 0.4) is 0 Å². The third-order valence-corrected chi connectivity index (χ3v) is 4.30. The van der Waals surface area contributed by atoms with Crippen LogP contribution in [-0.2, 0) is 14.3 Å². The number of hydrogen-bond acceptors (Lipinski definition) is 4. The summed E-state index contributed by atoms with van der Waals surface area (Å²) in [5.41, 5.74) is 2.35. The summed E-state index contributed by atoms with van der Waals surface area (Å²) in [6, 6.07) is 4.01. The number of carbonyl (C=O) groups excluding carboxylic acids is 1. The van der Waals surface area contributed by atoms with E-state index in [4.69, 9.17) is 14.6 Å². The third kappa shape index (κ3) is 4.71. The molecule has 0 unspecified atom stereocenters. The van der Waals surface area contributed by atoms with Gasteiger partial charge in [-0.15, -0.1) is 0 Å². The van der Waals surface area contributed by atoms with E-state index in [9.17, 15) is 9.59 Å². The Hall–Kier alpha value is -2.08. The summed E-state index contributed by atoms with van der Waals surface area (Å²) in [6.45, 7) is 6.66. The van der Waals surface area contributed by atoms with Crippen LogP contribution in [0.1, 0.15) is 36.0 Å². The van der Waals surface area contributed by atoms with Crippen molar-refractivity contribution >= 4 is 11.9 Å². The van der Waals surface area contributed by atoms with Gasteiger partial charge in [-0.1, -0.05) is 17.7 Å². The van der Waals surface area contributed by atoms with Crippen molar-refractivity contribution in [1.29, 1.82) is 0 Å². The zero-order valence-electron chi connectivity index (χ0n) is 14.5.